The summed E-state index contributed by atoms with van der Waals surface area (Å²) in [6.07, 6.45) is 0.0796. The minimum atomic E-state index is -0.559. The third-order valence-electron chi connectivity index (χ3n) is 4.29. The van der Waals surface area contributed by atoms with E-state index in [2.05, 4.69) is 37.9 Å². The topological polar surface area (TPSA) is 78.3 Å². The molecule has 7 nitrogen and oxygen atoms in total. The van der Waals surface area contributed by atoms with Crippen molar-refractivity contribution < 1.29 is 9.47 Å². The van der Waals surface area contributed by atoms with Crippen molar-refractivity contribution in [3.05, 3.63) is 67.1 Å². The first kappa shape index (κ1) is 24.3. The van der Waals surface area contributed by atoms with Crippen LogP contribution >= 0.6 is 34.2 Å². The van der Waals surface area contributed by atoms with E-state index in [0.29, 0.717) is 5.02 Å². The van der Waals surface area contributed by atoms with Crippen LogP contribution in [0.4, 0.5) is 11.6 Å². The minimum absolute atomic E-state index is 0.0796. The Morgan fingerprint density at radius 3 is 2.41 bits per heavy atom. The van der Waals surface area contributed by atoms with Gasteiger partial charge in [-0.25, -0.2) is 9.36 Å². The predicted molar refractivity (Wildman–Crippen MR) is 135 cm³/mol. The Labute approximate surface area is 206 Å². The number of anilines is 2. The number of halogens is 2. The number of hydrogen-bond donors (Lipinski definition) is 1. The molecule has 0 aliphatic rings. The van der Waals surface area contributed by atoms with E-state index < -0.39 is 11.2 Å². The van der Waals surface area contributed by atoms with Gasteiger partial charge in [0, 0.05) is 16.2 Å². The average Bonchev–Trinajstić information content (AvgIpc) is 2.68. The maximum Gasteiger partial charge on any atom is 0.355 e. The molecule has 32 heavy (non-hydrogen) atoms. The van der Waals surface area contributed by atoms with E-state index in [1.54, 1.807) is 12.1 Å². The molecule has 0 atom stereocenters. The summed E-state index contributed by atoms with van der Waals surface area (Å²) in [5.74, 6) is 0.956. The molecule has 0 aliphatic carbocycles. The van der Waals surface area contributed by atoms with Gasteiger partial charge in [0.1, 0.15) is 12.4 Å². The maximum atomic E-state index is 12.8. The van der Waals surface area contributed by atoms with Gasteiger partial charge in [-0.05, 0) is 93.1 Å². The number of hydrogen-bond acceptors (Lipinski definition) is 6. The zero-order chi connectivity index (χ0) is 23.5. The van der Waals surface area contributed by atoms with E-state index >= 15 is 0 Å². The second-order valence-electron chi connectivity index (χ2n) is 8.47. The molecule has 1 heterocycles. The molecule has 9 heteroatoms. The first-order valence-electron chi connectivity index (χ1n) is 10.1. The number of nitrogens with one attached hydrogen (secondary N) is 1. The minimum Gasteiger partial charge on any atom is -0.490 e. The highest BCUT2D eigenvalue weighted by Crippen LogP contribution is 2.27. The third kappa shape index (κ3) is 6.35. The van der Waals surface area contributed by atoms with Crippen LogP contribution in [0.1, 0.15) is 40.2 Å². The summed E-state index contributed by atoms with van der Waals surface area (Å²) < 4.78 is 14.1. The van der Waals surface area contributed by atoms with Crippen molar-refractivity contribution in [2.24, 2.45) is 0 Å². The molecule has 170 valence electrons. The SMILES string of the molecule is CC(C)Oc1ccc(Nc2nc(OCc3ccc(Cl)cc3)n(C(C)(C)C)c(=O)n2)cc1I. The highest BCUT2D eigenvalue weighted by Gasteiger charge is 2.23. The Morgan fingerprint density at radius 2 is 1.81 bits per heavy atom. The smallest absolute Gasteiger partial charge is 0.355 e. The Balaban J connectivity index is 1.89. The highest BCUT2D eigenvalue weighted by molar-refractivity contribution is 14.1. The number of nitrogens with zero attached hydrogens (tertiary/aromatic N) is 3. The summed E-state index contributed by atoms with van der Waals surface area (Å²) in [7, 11) is 0. The predicted octanol–water partition coefficient (Wildman–Crippen LogP) is 5.76. The lowest BCUT2D eigenvalue weighted by Gasteiger charge is -2.24. The normalized spacial score (nSPS) is 11.5. The fourth-order valence-corrected chi connectivity index (χ4v) is 3.67. The van der Waals surface area contributed by atoms with E-state index in [4.69, 9.17) is 21.1 Å². The molecule has 2 aromatic carbocycles. The van der Waals surface area contributed by atoms with Crippen molar-refractivity contribution in [2.75, 3.05) is 5.32 Å². The zero-order valence-electron chi connectivity index (χ0n) is 18.6. The van der Waals surface area contributed by atoms with Crippen LogP contribution < -0.4 is 20.5 Å². The van der Waals surface area contributed by atoms with Gasteiger partial charge >= 0.3 is 11.7 Å². The molecule has 1 N–H and O–H groups in total. The van der Waals surface area contributed by atoms with Crippen LogP contribution in [0, 0.1) is 3.57 Å². The van der Waals surface area contributed by atoms with Crippen molar-refractivity contribution in [3.8, 4) is 11.8 Å². The van der Waals surface area contributed by atoms with Crippen molar-refractivity contribution in [1.29, 1.82) is 0 Å². The van der Waals surface area contributed by atoms with Gasteiger partial charge < -0.3 is 14.8 Å². The van der Waals surface area contributed by atoms with E-state index in [-0.39, 0.29) is 24.7 Å². The van der Waals surface area contributed by atoms with Gasteiger partial charge in [-0.3, -0.25) is 0 Å². The quantitative estimate of drug-likeness (QED) is 0.365. The van der Waals surface area contributed by atoms with Crippen LogP contribution in [0.3, 0.4) is 0 Å². The van der Waals surface area contributed by atoms with Crippen LogP contribution in [0.5, 0.6) is 11.8 Å². The number of rotatable bonds is 7. The molecule has 0 saturated heterocycles. The van der Waals surface area contributed by atoms with Crippen molar-refractivity contribution >= 4 is 45.8 Å². The lowest BCUT2D eigenvalue weighted by molar-refractivity contribution is 0.225. The van der Waals surface area contributed by atoms with Crippen LogP contribution in [0.25, 0.3) is 0 Å². The highest BCUT2D eigenvalue weighted by atomic mass is 127. The van der Waals surface area contributed by atoms with Gasteiger partial charge in [-0.2, -0.15) is 9.97 Å². The fraction of sp³-hybridized carbons (Fsp3) is 0.348. The molecule has 0 spiro atoms. The number of ether oxygens (including phenoxy) is 2. The Hall–Kier alpha value is -2.33. The lowest BCUT2D eigenvalue weighted by Crippen LogP contribution is -2.37. The van der Waals surface area contributed by atoms with E-state index in [1.165, 1.54) is 4.57 Å². The van der Waals surface area contributed by atoms with Crippen LogP contribution in [-0.2, 0) is 12.1 Å². The first-order chi connectivity index (χ1) is 15.0. The number of aromatic nitrogens is 3. The summed E-state index contributed by atoms with van der Waals surface area (Å²) in [5.41, 5.74) is 0.638. The second kappa shape index (κ2) is 10.1. The molecular formula is C23H26ClIN4O3. The van der Waals surface area contributed by atoms with Crippen molar-refractivity contribution in [3.63, 3.8) is 0 Å². The molecule has 0 fully saturated rings. The van der Waals surface area contributed by atoms with E-state index in [9.17, 15) is 4.79 Å². The summed E-state index contributed by atoms with van der Waals surface area (Å²) in [6.45, 7) is 9.89. The molecule has 0 saturated carbocycles. The molecule has 0 aliphatic heterocycles. The first-order valence-corrected chi connectivity index (χ1v) is 11.6. The Morgan fingerprint density at radius 1 is 1.12 bits per heavy atom. The second-order valence-corrected chi connectivity index (χ2v) is 10.1. The molecule has 0 radical (unpaired) electrons. The fourth-order valence-electron chi connectivity index (χ4n) is 2.90. The Kier molecular flexibility index (Phi) is 7.66. The molecule has 0 unspecified atom stereocenters. The summed E-state index contributed by atoms with van der Waals surface area (Å²) >= 11 is 8.16. The average molecular weight is 569 g/mol. The molecular weight excluding hydrogens is 543 g/mol. The monoisotopic (exact) mass is 568 g/mol. The van der Waals surface area contributed by atoms with Gasteiger partial charge in [-0.15, -0.1) is 0 Å². The maximum absolute atomic E-state index is 12.8. The lowest BCUT2D eigenvalue weighted by atomic mass is 10.1. The van der Waals surface area contributed by atoms with Crippen molar-refractivity contribution in [2.45, 2.75) is 52.9 Å². The molecule has 3 rings (SSSR count). The van der Waals surface area contributed by atoms with Gasteiger partial charge in [0.15, 0.2) is 0 Å². The number of benzene rings is 2. The van der Waals surface area contributed by atoms with Crippen LogP contribution in [0.2, 0.25) is 5.02 Å². The molecule has 0 bridgehead atoms. The van der Waals surface area contributed by atoms with Crippen molar-refractivity contribution in [1.82, 2.24) is 14.5 Å². The molecule has 1 aromatic heterocycles. The van der Waals surface area contributed by atoms with Crippen LogP contribution in [-0.4, -0.2) is 20.6 Å². The largest absolute Gasteiger partial charge is 0.490 e. The van der Waals surface area contributed by atoms with Gasteiger partial charge in [0.2, 0.25) is 5.95 Å². The van der Waals surface area contributed by atoms with Gasteiger partial charge in [0.25, 0.3) is 0 Å². The zero-order valence-corrected chi connectivity index (χ0v) is 21.6. The van der Waals surface area contributed by atoms with E-state index in [1.807, 2.05) is 65.0 Å². The van der Waals surface area contributed by atoms with Gasteiger partial charge in [-0.1, -0.05) is 23.7 Å². The van der Waals surface area contributed by atoms with Gasteiger partial charge in [0.05, 0.1) is 9.67 Å². The summed E-state index contributed by atoms with van der Waals surface area (Å²) in [4.78, 5) is 21.5. The molecule has 0 amide bonds. The molecule has 3 aromatic rings. The third-order valence-corrected chi connectivity index (χ3v) is 5.38. The summed E-state index contributed by atoms with van der Waals surface area (Å²) in [6, 6.07) is 13.1. The van der Waals surface area contributed by atoms with E-state index in [0.717, 1.165) is 20.6 Å². The Bertz CT molecular complexity index is 1140. The standard InChI is InChI=1S/C23H26ClIN4O3/c1-14(2)32-19-11-10-17(12-18(19)25)26-20-27-21(30)29(23(3,4)5)22(28-20)31-13-15-6-8-16(24)9-7-15/h6-12,14H,13H2,1-5H3,(H,26,27,30). The van der Waals surface area contributed by atoms with Crippen LogP contribution in [0.15, 0.2) is 47.3 Å². The summed E-state index contributed by atoms with van der Waals surface area (Å²) in [5, 5.41) is 3.74.